The molecule has 190 valence electrons. The van der Waals surface area contributed by atoms with Crippen LogP contribution in [0.15, 0.2) is 97.2 Å². The van der Waals surface area contributed by atoms with E-state index < -0.39 is 0 Å². The number of benzene rings is 3. The topological polar surface area (TPSA) is 109 Å². The largest absolute Gasteiger partial charge is 0.397 e. The Labute approximate surface area is 221 Å². The lowest BCUT2D eigenvalue weighted by molar-refractivity contribution is -0.116. The number of carbonyl (C=O) groups excluding carboxylic acids is 2. The van der Waals surface area contributed by atoms with Gasteiger partial charge in [-0.1, -0.05) is 60.7 Å². The number of unbranched alkanes of at least 4 members (excludes halogenated alkanes) is 1. The molecule has 0 atom stereocenters. The van der Waals surface area contributed by atoms with E-state index in [1.807, 2.05) is 36.4 Å². The first-order valence-corrected chi connectivity index (χ1v) is 12.6. The molecule has 0 unspecified atom stereocenters. The third-order valence-corrected chi connectivity index (χ3v) is 6.44. The fraction of sp³-hybridized carbons (Fsp3) is 0.129. The molecule has 5 rings (SSSR count). The van der Waals surface area contributed by atoms with Gasteiger partial charge in [-0.15, -0.1) is 0 Å². The number of pyridine rings is 1. The van der Waals surface area contributed by atoms with Crippen LogP contribution in [-0.2, 0) is 4.79 Å². The van der Waals surface area contributed by atoms with Crippen LogP contribution in [0.5, 0.6) is 0 Å². The summed E-state index contributed by atoms with van der Waals surface area (Å²) in [5.41, 5.74) is 12.9. The van der Waals surface area contributed by atoms with Crippen LogP contribution in [0.2, 0.25) is 0 Å². The minimum Gasteiger partial charge on any atom is -0.397 e. The van der Waals surface area contributed by atoms with Crippen LogP contribution in [-0.4, -0.2) is 29.9 Å². The zero-order valence-electron chi connectivity index (χ0n) is 20.9. The number of nitrogens with one attached hydrogen (secondary N) is 3. The van der Waals surface area contributed by atoms with Crippen molar-refractivity contribution in [2.24, 2.45) is 0 Å². The van der Waals surface area contributed by atoms with Gasteiger partial charge in [0.05, 0.1) is 16.9 Å². The predicted octanol–water partition coefficient (Wildman–Crippen LogP) is 5.34. The van der Waals surface area contributed by atoms with Gasteiger partial charge in [0.15, 0.2) is 0 Å². The summed E-state index contributed by atoms with van der Waals surface area (Å²) in [6, 6.07) is 27.0. The summed E-state index contributed by atoms with van der Waals surface area (Å²) in [6.45, 7) is 1.29. The number of nitrogens with two attached hydrogens (primary N) is 1. The zero-order chi connectivity index (χ0) is 26.3. The molecule has 1 aliphatic carbocycles. The maximum Gasteiger partial charge on any atom is 0.257 e. The molecule has 0 radical (unpaired) electrons. The van der Waals surface area contributed by atoms with Gasteiger partial charge in [-0.2, -0.15) is 0 Å². The Morgan fingerprint density at radius 2 is 1.39 bits per heavy atom. The summed E-state index contributed by atoms with van der Waals surface area (Å²) in [7, 11) is 0. The Bertz CT molecular complexity index is 1450. The van der Waals surface area contributed by atoms with Crippen molar-refractivity contribution in [1.29, 1.82) is 0 Å². The van der Waals surface area contributed by atoms with Gasteiger partial charge in [0.1, 0.15) is 5.82 Å². The SMILES string of the molecule is Nc1ccccc1NC(=O)c1ccc(NCCCCNC(=O)C=C2c3ccccc3-c3ccccc32)nc1. The van der Waals surface area contributed by atoms with Gasteiger partial charge in [0.25, 0.3) is 5.91 Å². The van der Waals surface area contributed by atoms with E-state index in [0.29, 0.717) is 35.8 Å². The van der Waals surface area contributed by atoms with E-state index in [1.54, 1.807) is 30.3 Å². The standard InChI is InChI=1S/C31H29N5O2/c32-27-13-5-6-14-28(27)36-31(38)21-15-16-29(35-20-21)33-17-7-8-18-34-30(37)19-26-24-11-3-1-9-22(24)23-10-2-4-12-25(23)26/h1-6,9-16,19-20H,7-8,17-18,32H2,(H,33,35)(H,34,37)(H,36,38). The van der Waals surface area contributed by atoms with Gasteiger partial charge < -0.3 is 21.7 Å². The van der Waals surface area contributed by atoms with Crippen LogP contribution in [0, 0.1) is 0 Å². The first-order valence-electron chi connectivity index (χ1n) is 12.6. The smallest absolute Gasteiger partial charge is 0.257 e. The van der Waals surface area contributed by atoms with Crippen molar-refractivity contribution in [3.8, 4) is 11.1 Å². The number of hydrogen-bond acceptors (Lipinski definition) is 5. The van der Waals surface area contributed by atoms with Gasteiger partial charge in [-0.05, 0) is 64.9 Å². The molecule has 0 spiro atoms. The van der Waals surface area contributed by atoms with Crippen LogP contribution in [0.4, 0.5) is 17.2 Å². The molecule has 5 N–H and O–H groups in total. The highest BCUT2D eigenvalue weighted by Crippen LogP contribution is 2.43. The quantitative estimate of drug-likeness (QED) is 0.123. The van der Waals surface area contributed by atoms with Crippen molar-refractivity contribution in [2.45, 2.75) is 12.8 Å². The molecule has 0 saturated carbocycles. The van der Waals surface area contributed by atoms with Gasteiger partial charge in [0.2, 0.25) is 5.91 Å². The van der Waals surface area contributed by atoms with E-state index in [-0.39, 0.29) is 11.8 Å². The monoisotopic (exact) mass is 503 g/mol. The Morgan fingerprint density at radius 3 is 2.05 bits per heavy atom. The summed E-state index contributed by atoms with van der Waals surface area (Å²) >= 11 is 0. The minimum absolute atomic E-state index is 0.0905. The van der Waals surface area contributed by atoms with E-state index >= 15 is 0 Å². The third kappa shape index (κ3) is 5.57. The number of amides is 2. The molecule has 7 heteroatoms. The molecule has 4 aromatic rings. The normalized spacial score (nSPS) is 11.3. The number of anilines is 3. The molecule has 1 aliphatic rings. The molecule has 0 bridgehead atoms. The number of carbonyl (C=O) groups is 2. The van der Waals surface area contributed by atoms with Crippen LogP contribution >= 0.6 is 0 Å². The first kappa shape index (κ1) is 24.8. The number of nitrogens with zero attached hydrogens (tertiary/aromatic N) is 1. The fourth-order valence-corrected chi connectivity index (χ4v) is 4.50. The lowest BCUT2D eigenvalue weighted by atomic mass is 10.0. The average molecular weight is 504 g/mol. The lowest BCUT2D eigenvalue weighted by Gasteiger charge is -2.09. The Morgan fingerprint density at radius 1 is 0.763 bits per heavy atom. The molecule has 7 nitrogen and oxygen atoms in total. The number of fused-ring (bicyclic) bond motifs is 3. The van der Waals surface area contributed by atoms with Gasteiger partial charge in [-0.3, -0.25) is 9.59 Å². The predicted molar refractivity (Wildman–Crippen MR) is 153 cm³/mol. The molecule has 0 aliphatic heterocycles. The van der Waals surface area contributed by atoms with Crippen LogP contribution in [0.25, 0.3) is 16.7 Å². The highest BCUT2D eigenvalue weighted by molar-refractivity contribution is 6.08. The summed E-state index contributed by atoms with van der Waals surface area (Å²) in [6.07, 6.45) is 4.92. The second-order valence-corrected chi connectivity index (χ2v) is 9.05. The Hall–Kier alpha value is -4.91. The lowest BCUT2D eigenvalue weighted by Crippen LogP contribution is -2.23. The fourth-order valence-electron chi connectivity index (χ4n) is 4.50. The second kappa shape index (κ2) is 11.4. The average Bonchev–Trinajstić information content (AvgIpc) is 3.25. The number of hydrogen-bond donors (Lipinski definition) is 4. The Balaban J connectivity index is 1.06. The van der Waals surface area contributed by atoms with E-state index in [9.17, 15) is 9.59 Å². The third-order valence-electron chi connectivity index (χ3n) is 6.44. The van der Waals surface area contributed by atoms with Crippen molar-refractivity contribution in [3.63, 3.8) is 0 Å². The molecule has 0 fully saturated rings. The van der Waals surface area contributed by atoms with E-state index in [2.05, 4.69) is 45.2 Å². The number of aromatic nitrogens is 1. The molecular formula is C31H29N5O2. The molecule has 1 aromatic heterocycles. The van der Waals surface area contributed by atoms with E-state index in [1.165, 1.54) is 6.20 Å². The maximum absolute atomic E-state index is 12.6. The van der Waals surface area contributed by atoms with E-state index in [4.69, 9.17) is 5.73 Å². The van der Waals surface area contributed by atoms with Gasteiger partial charge in [-0.25, -0.2) is 4.98 Å². The highest BCUT2D eigenvalue weighted by atomic mass is 16.2. The highest BCUT2D eigenvalue weighted by Gasteiger charge is 2.22. The summed E-state index contributed by atoms with van der Waals surface area (Å²) < 4.78 is 0. The molecule has 0 saturated heterocycles. The number of para-hydroxylation sites is 2. The van der Waals surface area contributed by atoms with Crippen molar-refractivity contribution in [2.75, 3.05) is 29.5 Å². The van der Waals surface area contributed by atoms with Crippen molar-refractivity contribution < 1.29 is 9.59 Å². The van der Waals surface area contributed by atoms with Gasteiger partial charge >= 0.3 is 0 Å². The summed E-state index contributed by atoms with van der Waals surface area (Å²) in [5.74, 6) is 0.331. The van der Waals surface area contributed by atoms with Crippen molar-refractivity contribution >= 4 is 34.6 Å². The molecule has 3 aromatic carbocycles. The van der Waals surface area contributed by atoms with Crippen molar-refractivity contribution in [1.82, 2.24) is 10.3 Å². The van der Waals surface area contributed by atoms with Crippen molar-refractivity contribution in [3.05, 3.63) is 114 Å². The summed E-state index contributed by atoms with van der Waals surface area (Å²) in [4.78, 5) is 29.4. The number of rotatable bonds is 9. The summed E-state index contributed by atoms with van der Waals surface area (Å²) in [5, 5.41) is 9.04. The maximum atomic E-state index is 12.6. The second-order valence-electron chi connectivity index (χ2n) is 9.05. The molecule has 2 amide bonds. The van der Waals surface area contributed by atoms with E-state index in [0.717, 1.165) is 40.7 Å². The molecular weight excluding hydrogens is 474 g/mol. The molecule has 1 heterocycles. The first-order chi connectivity index (χ1) is 18.6. The van der Waals surface area contributed by atoms with Gasteiger partial charge in [0, 0.05) is 25.4 Å². The zero-order valence-corrected chi connectivity index (χ0v) is 20.9. The minimum atomic E-state index is -0.266. The Kier molecular flexibility index (Phi) is 7.45. The van der Waals surface area contributed by atoms with Crippen LogP contribution in [0.3, 0.4) is 0 Å². The van der Waals surface area contributed by atoms with Crippen LogP contribution in [0.1, 0.15) is 34.3 Å². The molecule has 38 heavy (non-hydrogen) atoms. The van der Waals surface area contributed by atoms with Crippen LogP contribution < -0.4 is 21.7 Å². The number of nitrogen functional groups attached to an aromatic ring is 1.